The molecule has 2 N–H and O–H groups in total. The molecule has 1 rings (SSSR count). The summed E-state index contributed by atoms with van der Waals surface area (Å²) >= 11 is 0. The van der Waals surface area contributed by atoms with Gasteiger partial charge in [0, 0.05) is 21.8 Å². The summed E-state index contributed by atoms with van der Waals surface area (Å²) in [6.45, 7) is 1.75. The van der Waals surface area contributed by atoms with Gasteiger partial charge >= 0.3 is 0 Å². The van der Waals surface area contributed by atoms with Crippen molar-refractivity contribution in [2.75, 3.05) is 6.26 Å². The van der Waals surface area contributed by atoms with Crippen molar-refractivity contribution in [1.82, 2.24) is 0 Å². The molecule has 13 heavy (non-hydrogen) atoms. The first-order valence-electron chi connectivity index (χ1n) is 3.24. The molecule has 0 aromatic carbocycles. The van der Waals surface area contributed by atoms with Crippen LogP contribution in [0.15, 0.2) is 20.6 Å². The summed E-state index contributed by atoms with van der Waals surface area (Å²) in [6.07, 6.45) is 0.917. The Labute approximate surface area is 78.7 Å². The third kappa shape index (κ3) is 3.25. The fourth-order valence-electron chi connectivity index (χ4n) is 0.617. The lowest BCUT2D eigenvalue weighted by Gasteiger charge is -1.94. The predicted octanol–water partition coefficient (Wildman–Crippen LogP) is -0.131. The van der Waals surface area contributed by atoms with Gasteiger partial charge in [0.1, 0.15) is 0 Å². The van der Waals surface area contributed by atoms with E-state index in [1.54, 1.807) is 12.3 Å². The number of allylic oxidation sites excluding steroid dienone is 1. The number of hydrogen-bond acceptors (Lipinski definition) is 6. The van der Waals surface area contributed by atoms with Crippen LogP contribution < -0.4 is 5.73 Å². The molecule has 0 spiro atoms. The molecular weight excluding hydrogens is 214 g/mol. The van der Waals surface area contributed by atoms with Crippen LogP contribution in [0.1, 0.15) is 6.92 Å². The largest absolute Gasteiger partial charge is 0.377 e. The van der Waals surface area contributed by atoms with Crippen LogP contribution in [0, 0.1) is 0 Å². The van der Waals surface area contributed by atoms with Gasteiger partial charge in [-0.3, -0.25) is 0 Å². The fraction of sp³-hybridized carbons (Fsp3) is 0.400. The third-order valence-corrected chi connectivity index (χ3v) is 2.79. The van der Waals surface area contributed by atoms with Crippen molar-refractivity contribution in [1.29, 1.82) is 0 Å². The van der Waals surface area contributed by atoms with Gasteiger partial charge in [0.2, 0.25) is 0 Å². The molecule has 0 aliphatic carbocycles. The van der Waals surface area contributed by atoms with Crippen molar-refractivity contribution in [3.8, 4) is 0 Å². The van der Waals surface area contributed by atoms with E-state index in [-0.39, 0.29) is 5.17 Å². The number of rotatable bonds is 2. The monoisotopic (exact) mass is 223 g/mol. The minimum absolute atomic E-state index is 0.265. The van der Waals surface area contributed by atoms with Crippen molar-refractivity contribution in [3.05, 3.63) is 11.1 Å². The summed E-state index contributed by atoms with van der Waals surface area (Å²) in [5.41, 5.74) is 6.15. The second kappa shape index (κ2) is 3.56. The third-order valence-electron chi connectivity index (χ3n) is 1.03. The maximum Gasteiger partial charge on any atom is 0.287 e. The number of amidine groups is 1. The molecule has 0 saturated heterocycles. The minimum atomic E-state index is -3.55. The molecule has 1 atom stereocenters. The van der Waals surface area contributed by atoms with Crippen LogP contribution in [0.5, 0.6) is 0 Å². The SMILES string of the molecule is CC1=CS(=NOS(C)(=O)=O)C(N)=N1. The van der Waals surface area contributed by atoms with E-state index in [2.05, 4.69) is 13.8 Å². The molecule has 8 heteroatoms. The molecule has 1 aliphatic rings. The molecular formula is C5H9N3O3S2. The first-order chi connectivity index (χ1) is 5.88. The molecule has 0 aromatic heterocycles. The molecule has 74 valence electrons. The number of nitrogens with two attached hydrogens (primary N) is 1. The second-order valence-corrected chi connectivity index (χ2v) is 5.37. The Hall–Kier alpha value is -0.730. The zero-order chi connectivity index (χ0) is 10.1. The van der Waals surface area contributed by atoms with E-state index in [1.165, 1.54) is 0 Å². The zero-order valence-corrected chi connectivity index (χ0v) is 8.72. The molecule has 0 amide bonds. The van der Waals surface area contributed by atoms with Gasteiger partial charge in [0.05, 0.1) is 6.26 Å². The van der Waals surface area contributed by atoms with Gasteiger partial charge in [-0.25, -0.2) is 4.99 Å². The lowest BCUT2D eigenvalue weighted by atomic mass is 10.6. The van der Waals surface area contributed by atoms with Gasteiger partial charge in [-0.05, 0) is 6.92 Å². The van der Waals surface area contributed by atoms with E-state index >= 15 is 0 Å². The molecule has 1 unspecified atom stereocenters. The van der Waals surface area contributed by atoms with Crippen LogP contribution in [0.4, 0.5) is 0 Å². The highest BCUT2D eigenvalue weighted by Crippen LogP contribution is 2.10. The number of nitrogens with zero attached hydrogens (tertiary/aromatic N) is 2. The van der Waals surface area contributed by atoms with Crippen molar-refractivity contribution >= 4 is 26.0 Å². The van der Waals surface area contributed by atoms with Gasteiger partial charge in [-0.2, -0.15) is 8.42 Å². The van der Waals surface area contributed by atoms with Crippen LogP contribution in [0.2, 0.25) is 0 Å². The van der Waals surface area contributed by atoms with Gasteiger partial charge in [-0.15, -0.1) is 4.28 Å². The molecule has 0 bridgehead atoms. The highest BCUT2D eigenvalue weighted by molar-refractivity contribution is 8.05. The maximum atomic E-state index is 10.6. The standard InChI is InChI=1S/C5H9N3O3S2/c1-4-3-12(5(6)7-4)8-11-13(2,9)10/h3H,1-2H3,(H2,6,7). The average molecular weight is 223 g/mol. The van der Waals surface area contributed by atoms with E-state index in [0.717, 1.165) is 6.26 Å². The zero-order valence-electron chi connectivity index (χ0n) is 7.09. The molecule has 1 heterocycles. The van der Waals surface area contributed by atoms with Gasteiger partial charge in [0.15, 0.2) is 5.17 Å². The summed E-state index contributed by atoms with van der Waals surface area (Å²) in [5, 5.41) is 1.90. The lowest BCUT2D eigenvalue weighted by molar-refractivity contribution is 0.351. The summed E-state index contributed by atoms with van der Waals surface area (Å²) in [6, 6.07) is 0. The number of aliphatic imine (C=N–C) groups is 1. The highest BCUT2D eigenvalue weighted by Gasteiger charge is 2.10. The minimum Gasteiger partial charge on any atom is -0.377 e. The van der Waals surface area contributed by atoms with Crippen LogP contribution in [0.25, 0.3) is 0 Å². The van der Waals surface area contributed by atoms with Crippen LogP contribution in [-0.4, -0.2) is 19.8 Å². The van der Waals surface area contributed by atoms with E-state index in [9.17, 15) is 8.42 Å². The highest BCUT2D eigenvalue weighted by atomic mass is 32.2. The van der Waals surface area contributed by atoms with E-state index in [0.29, 0.717) is 5.70 Å². The lowest BCUT2D eigenvalue weighted by Crippen LogP contribution is -2.14. The summed E-state index contributed by atoms with van der Waals surface area (Å²) in [7, 11) is -4.41. The molecule has 0 aromatic rings. The normalized spacial score (nSPS) is 23.1. The fourth-order valence-corrected chi connectivity index (χ4v) is 2.17. The first-order valence-corrected chi connectivity index (χ1v) is 6.30. The topological polar surface area (TPSA) is 94.1 Å². The first kappa shape index (κ1) is 10.4. The molecule has 0 radical (unpaired) electrons. The van der Waals surface area contributed by atoms with Gasteiger partial charge in [-0.1, -0.05) is 4.53 Å². The Morgan fingerprint density at radius 3 is 2.69 bits per heavy atom. The van der Waals surface area contributed by atoms with Crippen LogP contribution in [0.3, 0.4) is 0 Å². The molecule has 1 aliphatic heterocycles. The second-order valence-electron chi connectivity index (χ2n) is 2.38. The van der Waals surface area contributed by atoms with Crippen LogP contribution >= 0.6 is 0 Å². The smallest absolute Gasteiger partial charge is 0.287 e. The van der Waals surface area contributed by atoms with E-state index in [1.807, 2.05) is 0 Å². The summed E-state index contributed by atoms with van der Waals surface area (Å²) in [4.78, 5) is 3.87. The maximum absolute atomic E-state index is 10.6. The van der Waals surface area contributed by atoms with E-state index < -0.39 is 20.8 Å². The quantitative estimate of drug-likeness (QED) is 0.660. The Balaban J connectivity index is 2.82. The summed E-state index contributed by atoms with van der Waals surface area (Å²) < 4.78 is 28.8. The van der Waals surface area contributed by atoms with Crippen molar-refractivity contribution in [3.63, 3.8) is 0 Å². The van der Waals surface area contributed by atoms with Gasteiger partial charge in [0.25, 0.3) is 10.1 Å². The molecule has 6 nitrogen and oxygen atoms in total. The predicted molar refractivity (Wildman–Crippen MR) is 51.1 cm³/mol. The van der Waals surface area contributed by atoms with Crippen molar-refractivity contribution in [2.45, 2.75) is 6.92 Å². The van der Waals surface area contributed by atoms with Gasteiger partial charge < -0.3 is 5.73 Å². The Morgan fingerprint density at radius 1 is 1.69 bits per heavy atom. The van der Waals surface area contributed by atoms with Crippen LogP contribution in [-0.2, 0) is 25.1 Å². The Bertz CT molecular complexity index is 407. The summed E-state index contributed by atoms with van der Waals surface area (Å²) in [5.74, 6) is 0. The Kier molecular flexibility index (Phi) is 2.84. The molecule has 0 fully saturated rings. The number of hydrogen-bond donors (Lipinski definition) is 1. The van der Waals surface area contributed by atoms with E-state index in [4.69, 9.17) is 5.73 Å². The average Bonchev–Trinajstić information content (AvgIpc) is 2.24. The van der Waals surface area contributed by atoms with Crippen molar-refractivity contribution in [2.24, 2.45) is 15.3 Å². The Morgan fingerprint density at radius 2 is 2.31 bits per heavy atom. The molecule has 0 saturated carbocycles. The van der Waals surface area contributed by atoms with Crippen molar-refractivity contribution < 1.29 is 12.7 Å².